The largest absolute Gasteiger partial charge is 0.508 e. The van der Waals surface area contributed by atoms with Gasteiger partial charge < -0.3 is 70.9 Å². The van der Waals surface area contributed by atoms with E-state index in [4.69, 9.17) is 24.7 Å². The van der Waals surface area contributed by atoms with Crippen molar-refractivity contribution in [1.82, 2.24) is 5.32 Å². The van der Waals surface area contributed by atoms with Gasteiger partial charge in [-0.2, -0.15) is 0 Å². The number of aromatic hydroxyl groups is 4. The number of aryl methyl sites for hydroxylation is 1. The van der Waals surface area contributed by atoms with Gasteiger partial charge in [0.25, 0.3) is 0 Å². The highest BCUT2D eigenvalue weighted by Gasteiger charge is 2.73. The molecule has 0 spiro atoms. The van der Waals surface area contributed by atoms with E-state index in [1.54, 1.807) is 18.2 Å². The highest BCUT2D eigenvalue weighted by atomic mass is 16.6. The van der Waals surface area contributed by atoms with Crippen molar-refractivity contribution in [1.29, 1.82) is 0 Å². The van der Waals surface area contributed by atoms with Crippen LogP contribution >= 0.6 is 0 Å². The van der Waals surface area contributed by atoms with Crippen LogP contribution in [0, 0.1) is 23.7 Å². The summed E-state index contributed by atoms with van der Waals surface area (Å²) in [6, 6.07) is 23.7. The van der Waals surface area contributed by atoms with E-state index in [1.165, 1.54) is 48.6 Å². The summed E-state index contributed by atoms with van der Waals surface area (Å²) in [5.74, 6) is -5.97. The molecule has 0 amide bonds. The zero-order valence-electron chi connectivity index (χ0n) is 42.0. The predicted molar refractivity (Wildman–Crippen MR) is 277 cm³/mol. The molecule has 17 nitrogen and oxygen atoms in total. The highest BCUT2D eigenvalue weighted by Crippen LogP contribution is 2.58. The van der Waals surface area contributed by atoms with Gasteiger partial charge in [-0.25, -0.2) is 4.79 Å². The summed E-state index contributed by atoms with van der Waals surface area (Å²) in [7, 11) is 0. The zero-order valence-corrected chi connectivity index (χ0v) is 42.0. The minimum Gasteiger partial charge on any atom is -0.508 e. The lowest BCUT2D eigenvalue weighted by Gasteiger charge is -2.65. The van der Waals surface area contributed by atoms with Crippen LogP contribution in [0.1, 0.15) is 79.2 Å². The quantitative estimate of drug-likeness (QED) is 0.0350. The molecule has 0 radical (unpaired) electrons. The molecular formula is C58H70N2O15. The second-order valence-electron chi connectivity index (χ2n) is 20.8. The van der Waals surface area contributed by atoms with Crippen LogP contribution in [0.25, 0.3) is 12.2 Å². The molecule has 2 heterocycles. The Balaban J connectivity index is 1.19. The Labute approximate surface area is 436 Å². The number of nitrogens with one attached hydrogen (secondary N) is 1. The summed E-state index contributed by atoms with van der Waals surface area (Å²) in [5.41, 5.74) is 2.35. The lowest BCUT2D eigenvalue weighted by atomic mass is 9.55. The Kier molecular flexibility index (Phi) is 17.8. The van der Waals surface area contributed by atoms with E-state index in [1.807, 2.05) is 42.5 Å². The number of aliphatic hydroxyl groups excluding tert-OH is 3. The lowest BCUT2D eigenvalue weighted by molar-refractivity contribution is -0.345. The molecule has 2 aliphatic carbocycles. The number of carbonyl (C=O) groups excluding carboxylic acids is 2. The van der Waals surface area contributed by atoms with Crippen molar-refractivity contribution in [2.45, 2.75) is 106 Å². The first-order valence-electron chi connectivity index (χ1n) is 25.9. The minimum absolute atomic E-state index is 0.00845. The van der Waals surface area contributed by atoms with Crippen LogP contribution in [0.2, 0.25) is 0 Å². The fourth-order valence-corrected chi connectivity index (χ4v) is 12.2. The third-order valence-corrected chi connectivity index (χ3v) is 15.8. The maximum absolute atomic E-state index is 15.5. The zero-order chi connectivity index (χ0) is 53.3. The van der Waals surface area contributed by atoms with Crippen molar-refractivity contribution in [3.05, 3.63) is 125 Å². The normalized spacial score (nSPS) is 28.7. The van der Waals surface area contributed by atoms with Gasteiger partial charge in [0.1, 0.15) is 36.3 Å². The van der Waals surface area contributed by atoms with Crippen molar-refractivity contribution < 1.29 is 74.2 Å². The van der Waals surface area contributed by atoms with E-state index in [2.05, 4.69) is 5.32 Å². The number of carbonyl (C=O) groups is 3. The number of ether oxygens (including phenoxy) is 4. The monoisotopic (exact) mass is 1030 g/mol. The fourth-order valence-electron chi connectivity index (χ4n) is 12.2. The molecule has 11 N–H and O–H groups in total. The molecule has 17 heteroatoms. The van der Waals surface area contributed by atoms with Crippen molar-refractivity contribution in [2.24, 2.45) is 29.4 Å². The third-order valence-electron chi connectivity index (χ3n) is 15.8. The number of carboxylic acid groups (broad SMARTS) is 1. The standard InChI is InChI=1S/C58H70N2O15/c59-20-21-72-51-18-15-37(25-49(51)67)14-17-46(64)34-74-57(55(70)71)30-50(68)54-58(35-60-44-10-4-8-38(23-44)22-39-9-5-11-45(63)24-39)52(57)28-43(32-62)56(75-58,29-40(33-73-54)13-12-36-6-2-1-3-7-36)53(69)19-16-41-26-47(65)48(66)27-42(41)31-61/h1-3,5-7,9,11,14-19,24-27,38,40,43-44,50,52,54,60-63,65-68H,4,8,10,12-13,20-23,28-35,59H2,(H,70,71). The summed E-state index contributed by atoms with van der Waals surface area (Å²) < 4.78 is 26.2. The molecule has 2 saturated carbocycles. The highest BCUT2D eigenvalue weighted by molar-refractivity contribution is 6.01. The number of fused-ring (bicyclic) bond motifs is 1. The van der Waals surface area contributed by atoms with Crippen LogP contribution in [0.3, 0.4) is 0 Å². The van der Waals surface area contributed by atoms with Crippen LogP contribution in [-0.2, 0) is 48.0 Å². The average Bonchev–Trinajstić information content (AvgIpc) is 3.43. The van der Waals surface area contributed by atoms with Gasteiger partial charge in [-0.05, 0) is 133 Å². The second kappa shape index (κ2) is 24.2. The van der Waals surface area contributed by atoms with E-state index in [0.717, 1.165) is 30.4 Å². The number of hydrogen-bond donors (Lipinski definition) is 10. The van der Waals surface area contributed by atoms with Gasteiger partial charge in [-0.1, -0.05) is 73.5 Å². The Hall–Kier alpha value is -6.15. The number of rotatable bonds is 22. The number of aliphatic hydroxyl groups is 3. The van der Waals surface area contributed by atoms with Crippen molar-refractivity contribution in [2.75, 3.05) is 39.5 Å². The molecule has 2 saturated heterocycles. The molecule has 4 fully saturated rings. The number of nitrogens with two attached hydrogens (primary N) is 1. The van der Waals surface area contributed by atoms with Gasteiger partial charge in [0.2, 0.25) is 0 Å². The van der Waals surface area contributed by atoms with Crippen LogP contribution in [0.5, 0.6) is 28.7 Å². The Bertz CT molecular complexity index is 2700. The van der Waals surface area contributed by atoms with Crippen molar-refractivity contribution in [3.63, 3.8) is 0 Å². The molecule has 4 aromatic carbocycles. The SMILES string of the molecule is NCCOc1ccc(C=CC(=O)COC2(C(=O)O)CC(O)C3OCC(CCc4ccccc4)CC4(C(=O)C=Cc5cc(O)c(O)cc5CO)OC3(CNC3CCCC(Cc5cccc(O)c5)C3)C2CC4CO)cc1O. The van der Waals surface area contributed by atoms with Crippen LogP contribution < -0.4 is 15.8 Å². The molecule has 2 bridgehead atoms. The van der Waals surface area contributed by atoms with Crippen LogP contribution in [0.4, 0.5) is 0 Å². The van der Waals surface area contributed by atoms with Crippen LogP contribution in [-0.4, -0.2) is 133 Å². The summed E-state index contributed by atoms with van der Waals surface area (Å²) in [6.07, 6.45) is 6.77. The van der Waals surface area contributed by atoms with E-state index >= 15 is 4.79 Å². The van der Waals surface area contributed by atoms with Gasteiger partial charge in [0.05, 0.1) is 19.3 Å². The maximum atomic E-state index is 15.5. The summed E-state index contributed by atoms with van der Waals surface area (Å²) >= 11 is 0. The topological polar surface area (TPSA) is 288 Å². The van der Waals surface area contributed by atoms with E-state index < -0.39 is 102 Å². The number of hydrogen-bond acceptors (Lipinski definition) is 16. The van der Waals surface area contributed by atoms with Gasteiger partial charge in [-0.3, -0.25) is 9.59 Å². The summed E-state index contributed by atoms with van der Waals surface area (Å²) in [5, 5.41) is 91.0. The number of phenolic OH excluding ortho intramolecular Hbond substituents is 4. The molecule has 4 aromatic rings. The third kappa shape index (κ3) is 12.3. The molecule has 4 aliphatic rings. The van der Waals surface area contributed by atoms with Crippen LogP contribution in [0.15, 0.2) is 97.1 Å². The Morgan fingerprint density at radius 1 is 0.840 bits per heavy atom. The van der Waals surface area contributed by atoms with Gasteiger partial charge in [0, 0.05) is 44.0 Å². The maximum Gasteiger partial charge on any atom is 0.336 e. The van der Waals surface area contributed by atoms with Crippen molar-refractivity contribution >= 4 is 29.7 Å². The molecular weight excluding hydrogens is 965 g/mol. The second-order valence-corrected chi connectivity index (χ2v) is 20.8. The molecule has 0 aromatic heterocycles. The van der Waals surface area contributed by atoms with Crippen molar-refractivity contribution in [3.8, 4) is 28.7 Å². The fraction of sp³-hybridized carbons (Fsp3) is 0.466. The molecule has 2 aliphatic heterocycles. The summed E-state index contributed by atoms with van der Waals surface area (Å²) in [4.78, 5) is 43.4. The first-order valence-corrected chi connectivity index (χ1v) is 25.9. The number of carboxylic acids is 1. The van der Waals surface area contributed by atoms with Gasteiger partial charge in [0.15, 0.2) is 40.2 Å². The molecule has 75 heavy (non-hydrogen) atoms. The number of ketones is 2. The first-order chi connectivity index (χ1) is 36.1. The minimum atomic E-state index is -2.33. The lowest BCUT2D eigenvalue weighted by Crippen LogP contribution is -2.80. The van der Waals surface area contributed by atoms with E-state index in [9.17, 15) is 50.4 Å². The Morgan fingerprint density at radius 2 is 1.63 bits per heavy atom. The smallest absolute Gasteiger partial charge is 0.336 e. The average molecular weight is 1040 g/mol. The van der Waals surface area contributed by atoms with E-state index in [0.29, 0.717) is 31.2 Å². The number of benzene rings is 4. The summed E-state index contributed by atoms with van der Waals surface area (Å²) in [6.45, 7) is -1.62. The predicted octanol–water partition coefficient (Wildman–Crippen LogP) is 5.36. The number of aliphatic carboxylic acids is 1. The first kappa shape index (κ1) is 55.1. The van der Waals surface area contributed by atoms with Gasteiger partial charge >= 0.3 is 5.97 Å². The molecule has 10 atom stereocenters. The van der Waals surface area contributed by atoms with E-state index in [-0.39, 0.29) is 79.5 Å². The Morgan fingerprint density at radius 3 is 2.36 bits per heavy atom. The van der Waals surface area contributed by atoms with Gasteiger partial charge in [-0.15, -0.1) is 0 Å². The molecule has 10 unspecified atom stereocenters. The molecule has 8 rings (SSSR count). The molecule has 402 valence electrons. The number of phenols is 4.